The van der Waals surface area contributed by atoms with Crippen LogP contribution >= 0.6 is 0 Å². The molecule has 51 heavy (non-hydrogen) atoms. The maximum absolute atomic E-state index is 5.43. The minimum Gasteiger partial charge on any atom is -0.228 e. The van der Waals surface area contributed by atoms with Crippen LogP contribution in [0.2, 0.25) is 0 Å². The van der Waals surface area contributed by atoms with Gasteiger partial charge >= 0.3 is 0 Å². The van der Waals surface area contributed by atoms with Crippen molar-refractivity contribution in [2.45, 2.75) is 12.3 Å². The van der Waals surface area contributed by atoms with E-state index in [-0.39, 0.29) is 0 Å². The van der Waals surface area contributed by atoms with Crippen LogP contribution in [-0.4, -0.2) is 9.97 Å². The van der Waals surface area contributed by atoms with Crippen LogP contribution in [0.1, 0.15) is 17.9 Å². The molecule has 8 aromatic rings. The van der Waals surface area contributed by atoms with E-state index in [1.807, 2.05) is 0 Å². The molecule has 11 rings (SSSR count). The summed E-state index contributed by atoms with van der Waals surface area (Å²) in [6.45, 7) is 0. The predicted octanol–water partition coefficient (Wildman–Crippen LogP) is 12.5. The third-order valence-corrected chi connectivity index (χ3v) is 11.6. The molecule has 3 aliphatic rings. The van der Waals surface area contributed by atoms with E-state index in [0.29, 0.717) is 11.8 Å². The molecular weight excluding hydrogens is 617 g/mol. The largest absolute Gasteiger partial charge is 0.228 e. The molecule has 0 radical (unpaired) electrons. The first kappa shape index (κ1) is 28.7. The number of hydrogen-bond acceptors (Lipinski definition) is 2. The number of fused-ring (bicyclic) bond motifs is 8. The molecule has 4 unspecified atom stereocenters. The molecule has 1 aromatic heterocycles. The molecule has 4 atom stereocenters. The van der Waals surface area contributed by atoms with Crippen molar-refractivity contribution in [1.29, 1.82) is 0 Å². The highest BCUT2D eigenvalue weighted by atomic mass is 14.9. The van der Waals surface area contributed by atoms with Crippen LogP contribution in [0.25, 0.3) is 77.0 Å². The summed E-state index contributed by atoms with van der Waals surface area (Å²) >= 11 is 0. The maximum Gasteiger partial charge on any atom is 0.161 e. The van der Waals surface area contributed by atoms with Gasteiger partial charge in [-0.05, 0) is 96.6 Å². The SMILES string of the molecule is C1=CC2=CC3CC3C(c3ccc(-c4cc(-c5cc6ccccc6c6ccccc56)nc(-c5cc6ccccc6c6ccccc56)n4)cc3)C2C=C1. The Morgan fingerprint density at radius 2 is 1.10 bits per heavy atom. The highest BCUT2D eigenvalue weighted by molar-refractivity contribution is 6.15. The van der Waals surface area contributed by atoms with Gasteiger partial charge in [0.1, 0.15) is 0 Å². The van der Waals surface area contributed by atoms with E-state index in [9.17, 15) is 0 Å². The van der Waals surface area contributed by atoms with Crippen LogP contribution in [0.5, 0.6) is 0 Å². The number of allylic oxidation sites excluding steroid dienone is 6. The average molecular weight is 651 g/mol. The van der Waals surface area contributed by atoms with E-state index < -0.39 is 0 Å². The minimum absolute atomic E-state index is 0.462. The van der Waals surface area contributed by atoms with Crippen molar-refractivity contribution in [2.24, 2.45) is 17.8 Å². The highest BCUT2D eigenvalue weighted by Crippen LogP contribution is 2.58. The Hall–Kier alpha value is -6.12. The van der Waals surface area contributed by atoms with Gasteiger partial charge in [0.2, 0.25) is 0 Å². The second-order valence-electron chi connectivity index (χ2n) is 14.5. The molecule has 0 aliphatic heterocycles. The molecule has 240 valence electrons. The lowest BCUT2D eigenvalue weighted by atomic mass is 9.73. The summed E-state index contributed by atoms with van der Waals surface area (Å²) in [6.07, 6.45) is 13.0. The Kier molecular flexibility index (Phi) is 6.30. The van der Waals surface area contributed by atoms with Crippen LogP contribution in [0, 0.1) is 17.8 Å². The van der Waals surface area contributed by atoms with Crippen molar-refractivity contribution < 1.29 is 0 Å². The van der Waals surface area contributed by atoms with Crippen LogP contribution in [-0.2, 0) is 0 Å². The van der Waals surface area contributed by atoms with E-state index in [4.69, 9.17) is 9.97 Å². The maximum atomic E-state index is 5.43. The van der Waals surface area contributed by atoms with Crippen LogP contribution < -0.4 is 0 Å². The molecule has 3 aliphatic carbocycles. The normalized spacial score (nSPS) is 20.4. The number of aromatic nitrogens is 2. The van der Waals surface area contributed by atoms with Gasteiger partial charge in [-0.15, -0.1) is 0 Å². The average Bonchev–Trinajstić information content (AvgIpc) is 3.98. The Bertz CT molecular complexity index is 2670. The van der Waals surface area contributed by atoms with Crippen molar-refractivity contribution in [3.05, 3.63) is 181 Å². The topological polar surface area (TPSA) is 25.8 Å². The zero-order valence-corrected chi connectivity index (χ0v) is 28.1. The summed E-state index contributed by atoms with van der Waals surface area (Å²) in [6, 6.07) is 50.8. The fourth-order valence-electron chi connectivity index (χ4n) is 9.11. The fourth-order valence-corrected chi connectivity index (χ4v) is 9.11. The summed E-state index contributed by atoms with van der Waals surface area (Å²) in [5, 5.41) is 9.70. The van der Waals surface area contributed by atoms with Crippen LogP contribution in [0.3, 0.4) is 0 Å². The Balaban J connectivity index is 1.12. The second kappa shape index (κ2) is 11.2. The molecule has 0 saturated heterocycles. The standard InChI is InChI=1S/C49H34N2/c1-4-14-36-33(12-1)26-44(41-19-9-7-17-39(36)41)47-29-46(30-21-23-31(24-22-30)48-38-16-6-3-11-32(38)25-35-28-43(35)48)50-49(51-47)45-27-34-13-2-5-15-37(34)40-18-8-10-20-42(40)45/h1-27,29,35,38,43,48H,28H2. The van der Waals surface area contributed by atoms with Crippen molar-refractivity contribution in [2.75, 3.05) is 0 Å². The minimum atomic E-state index is 0.462. The summed E-state index contributed by atoms with van der Waals surface area (Å²) in [5.74, 6) is 3.18. The molecule has 2 nitrogen and oxygen atoms in total. The van der Waals surface area contributed by atoms with E-state index >= 15 is 0 Å². The fraction of sp³-hybridized carbons (Fsp3) is 0.102. The van der Waals surface area contributed by atoms with Gasteiger partial charge in [0.25, 0.3) is 0 Å². The molecule has 1 fully saturated rings. The number of hydrogen-bond donors (Lipinski definition) is 0. The first-order valence-electron chi connectivity index (χ1n) is 18.1. The summed E-state index contributed by atoms with van der Waals surface area (Å²) < 4.78 is 0. The summed E-state index contributed by atoms with van der Waals surface area (Å²) in [7, 11) is 0. The van der Waals surface area contributed by atoms with Crippen molar-refractivity contribution in [3.63, 3.8) is 0 Å². The number of benzene rings is 7. The smallest absolute Gasteiger partial charge is 0.161 e. The number of nitrogens with zero attached hydrogens (tertiary/aromatic N) is 2. The zero-order chi connectivity index (χ0) is 33.5. The lowest BCUT2D eigenvalue weighted by Crippen LogP contribution is -2.20. The number of rotatable bonds is 4. The Labute approximate surface area is 297 Å². The molecular formula is C49H34N2. The molecule has 0 bridgehead atoms. The van der Waals surface area contributed by atoms with Gasteiger partial charge in [-0.1, -0.05) is 152 Å². The Morgan fingerprint density at radius 1 is 0.510 bits per heavy atom. The van der Waals surface area contributed by atoms with Gasteiger partial charge in [-0.3, -0.25) is 0 Å². The monoisotopic (exact) mass is 650 g/mol. The van der Waals surface area contributed by atoms with Gasteiger partial charge in [-0.2, -0.15) is 0 Å². The van der Waals surface area contributed by atoms with Crippen LogP contribution in [0.4, 0.5) is 0 Å². The predicted molar refractivity (Wildman–Crippen MR) is 213 cm³/mol. The van der Waals surface area contributed by atoms with Gasteiger partial charge < -0.3 is 0 Å². The molecule has 1 saturated carbocycles. The molecule has 0 N–H and O–H groups in total. The highest BCUT2D eigenvalue weighted by Gasteiger charge is 2.48. The zero-order valence-electron chi connectivity index (χ0n) is 28.1. The lowest BCUT2D eigenvalue weighted by molar-refractivity contribution is 0.478. The molecule has 0 amide bonds. The van der Waals surface area contributed by atoms with Crippen molar-refractivity contribution in [3.8, 4) is 33.9 Å². The van der Waals surface area contributed by atoms with Gasteiger partial charge in [-0.25, -0.2) is 9.97 Å². The van der Waals surface area contributed by atoms with E-state index in [0.717, 1.165) is 51.1 Å². The summed E-state index contributed by atoms with van der Waals surface area (Å²) in [4.78, 5) is 10.8. The first-order chi connectivity index (χ1) is 25.3. The molecule has 1 heterocycles. The third-order valence-electron chi connectivity index (χ3n) is 11.6. The first-order valence-corrected chi connectivity index (χ1v) is 18.1. The second-order valence-corrected chi connectivity index (χ2v) is 14.5. The molecule has 0 spiro atoms. The van der Waals surface area contributed by atoms with Crippen molar-refractivity contribution >= 4 is 43.1 Å². The van der Waals surface area contributed by atoms with Crippen molar-refractivity contribution in [1.82, 2.24) is 9.97 Å². The molecule has 2 heteroatoms. The van der Waals surface area contributed by atoms with E-state index in [2.05, 4.69) is 170 Å². The lowest BCUT2D eigenvalue weighted by Gasteiger charge is -2.31. The third kappa shape index (κ3) is 4.63. The Morgan fingerprint density at radius 3 is 1.80 bits per heavy atom. The van der Waals surface area contributed by atoms with Gasteiger partial charge in [0.15, 0.2) is 5.82 Å². The van der Waals surface area contributed by atoms with Crippen LogP contribution in [0.15, 0.2) is 175 Å². The van der Waals surface area contributed by atoms with E-state index in [1.165, 1.54) is 55.3 Å². The van der Waals surface area contributed by atoms with Gasteiger partial charge in [0, 0.05) is 22.6 Å². The molecule has 7 aromatic carbocycles. The van der Waals surface area contributed by atoms with E-state index in [1.54, 1.807) is 0 Å². The quantitative estimate of drug-likeness (QED) is 0.177. The summed E-state index contributed by atoms with van der Waals surface area (Å²) in [5.41, 5.74) is 8.06. The van der Waals surface area contributed by atoms with Gasteiger partial charge in [0.05, 0.1) is 11.4 Å².